The molecule has 2 rings (SSSR count). The Hall–Kier alpha value is -2.56. The summed E-state index contributed by atoms with van der Waals surface area (Å²) in [6.07, 6.45) is 2.43. The quantitative estimate of drug-likeness (QED) is 0.828. The first kappa shape index (κ1) is 14.8. The first-order valence-electron chi connectivity index (χ1n) is 6.69. The lowest BCUT2D eigenvalue weighted by molar-refractivity contribution is 0.0696. The van der Waals surface area contributed by atoms with E-state index in [-0.39, 0.29) is 11.1 Å². The molecule has 21 heavy (non-hydrogen) atoms. The molecular weight excluding hydrogens is 270 g/mol. The summed E-state index contributed by atoms with van der Waals surface area (Å²) in [5, 5.41) is 8.89. The Kier molecular flexibility index (Phi) is 4.77. The van der Waals surface area contributed by atoms with Gasteiger partial charge in [-0.1, -0.05) is 6.07 Å². The molecule has 0 atom stereocenters. The van der Waals surface area contributed by atoms with Gasteiger partial charge in [-0.15, -0.1) is 0 Å². The summed E-state index contributed by atoms with van der Waals surface area (Å²) in [5.41, 5.74) is 1.11. The van der Waals surface area contributed by atoms with Gasteiger partial charge in [-0.05, 0) is 43.2 Å². The van der Waals surface area contributed by atoms with Crippen LogP contribution in [0.5, 0.6) is 5.75 Å². The zero-order chi connectivity index (χ0) is 15.2. The molecule has 0 amide bonds. The van der Waals surface area contributed by atoms with E-state index in [9.17, 15) is 9.59 Å². The van der Waals surface area contributed by atoms with Crippen molar-refractivity contribution < 1.29 is 14.6 Å². The lowest BCUT2D eigenvalue weighted by Gasteiger charge is -2.08. The smallest absolute Gasteiger partial charge is 0.335 e. The molecule has 1 heterocycles. The molecule has 0 fully saturated rings. The van der Waals surface area contributed by atoms with E-state index in [1.807, 2.05) is 13.0 Å². The van der Waals surface area contributed by atoms with E-state index in [2.05, 4.69) is 0 Å². The molecule has 0 spiro atoms. The van der Waals surface area contributed by atoms with Gasteiger partial charge < -0.3 is 14.4 Å². The highest BCUT2D eigenvalue weighted by atomic mass is 16.5. The average Bonchev–Trinajstić information content (AvgIpc) is 2.45. The van der Waals surface area contributed by atoms with E-state index >= 15 is 0 Å². The first-order chi connectivity index (χ1) is 10.1. The summed E-state index contributed by atoms with van der Waals surface area (Å²) in [6, 6.07) is 9.84. The van der Waals surface area contributed by atoms with Crippen LogP contribution in [0.2, 0.25) is 0 Å². The molecule has 0 saturated heterocycles. The summed E-state index contributed by atoms with van der Waals surface area (Å²) in [5.74, 6) is -0.460. The third-order valence-electron chi connectivity index (χ3n) is 3.04. The Labute approximate surface area is 122 Å². The predicted octanol–water partition coefficient (Wildman–Crippen LogP) is 2.32. The fraction of sp³-hybridized carbons (Fsp3) is 0.250. The summed E-state index contributed by atoms with van der Waals surface area (Å²) in [6.45, 7) is 2.87. The van der Waals surface area contributed by atoms with E-state index in [4.69, 9.17) is 9.84 Å². The summed E-state index contributed by atoms with van der Waals surface area (Å²) >= 11 is 0. The highest BCUT2D eigenvalue weighted by molar-refractivity contribution is 5.87. The van der Waals surface area contributed by atoms with Gasteiger partial charge in [0.1, 0.15) is 5.75 Å². The number of rotatable bonds is 6. The highest BCUT2D eigenvalue weighted by Crippen LogP contribution is 2.13. The van der Waals surface area contributed by atoms with Crippen molar-refractivity contribution in [3.8, 4) is 5.75 Å². The number of ether oxygens (including phenoxy) is 1. The fourth-order valence-electron chi connectivity index (χ4n) is 1.94. The number of carboxylic acids is 1. The normalized spacial score (nSPS) is 10.3. The van der Waals surface area contributed by atoms with Crippen molar-refractivity contribution in [3.05, 3.63) is 64.1 Å². The van der Waals surface area contributed by atoms with Crippen molar-refractivity contribution in [2.45, 2.75) is 19.9 Å². The summed E-state index contributed by atoms with van der Waals surface area (Å²) in [4.78, 5) is 22.5. The van der Waals surface area contributed by atoms with Gasteiger partial charge in [0.25, 0.3) is 5.56 Å². The Morgan fingerprint density at radius 2 is 2.10 bits per heavy atom. The van der Waals surface area contributed by atoms with Crippen LogP contribution in [0.1, 0.15) is 22.3 Å². The molecule has 0 bridgehead atoms. The molecule has 0 saturated carbocycles. The zero-order valence-corrected chi connectivity index (χ0v) is 11.8. The fourth-order valence-corrected chi connectivity index (χ4v) is 1.94. The second-order valence-corrected chi connectivity index (χ2v) is 4.77. The minimum Gasteiger partial charge on any atom is -0.494 e. The SMILES string of the molecule is Cc1ccn(CCCOc2cccc(C(=O)O)c2)c(=O)c1. The summed E-state index contributed by atoms with van der Waals surface area (Å²) in [7, 11) is 0. The highest BCUT2D eigenvalue weighted by Gasteiger charge is 2.03. The lowest BCUT2D eigenvalue weighted by Crippen LogP contribution is -2.19. The number of pyridine rings is 1. The van der Waals surface area contributed by atoms with Crippen molar-refractivity contribution in [1.29, 1.82) is 0 Å². The van der Waals surface area contributed by atoms with Gasteiger partial charge >= 0.3 is 5.97 Å². The second-order valence-electron chi connectivity index (χ2n) is 4.77. The second kappa shape index (κ2) is 6.74. The molecule has 110 valence electrons. The van der Waals surface area contributed by atoms with E-state index in [0.717, 1.165) is 5.56 Å². The van der Waals surface area contributed by atoms with Gasteiger partial charge in [-0.2, -0.15) is 0 Å². The Bertz CT molecular complexity index is 691. The van der Waals surface area contributed by atoms with E-state index in [0.29, 0.717) is 25.3 Å². The maximum Gasteiger partial charge on any atom is 0.335 e. The minimum atomic E-state index is -0.980. The van der Waals surface area contributed by atoms with E-state index in [1.54, 1.807) is 29.0 Å². The molecule has 5 nitrogen and oxygen atoms in total. The largest absolute Gasteiger partial charge is 0.494 e. The number of hydrogen-bond donors (Lipinski definition) is 1. The number of aryl methyl sites for hydroxylation is 2. The molecule has 0 aliphatic rings. The molecule has 2 aromatic rings. The number of nitrogens with zero attached hydrogens (tertiary/aromatic N) is 1. The molecular formula is C16H17NO4. The maximum absolute atomic E-state index is 11.7. The molecule has 0 aliphatic heterocycles. The van der Waals surface area contributed by atoms with Crippen molar-refractivity contribution in [2.24, 2.45) is 0 Å². The molecule has 1 N–H and O–H groups in total. The van der Waals surface area contributed by atoms with Crippen LogP contribution in [-0.4, -0.2) is 22.2 Å². The van der Waals surface area contributed by atoms with Gasteiger partial charge in [-0.25, -0.2) is 4.79 Å². The van der Waals surface area contributed by atoms with E-state index < -0.39 is 5.97 Å². The van der Waals surface area contributed by atoms with Crippen LogP contribution in [0.3, 0.4) is 0 Å². The molecule has 1 aromatic heterocycles. The predicted molar refractivity (Wildman–Crippen MR) is 79.0 cm³/mol. The van der Waals surface area contributed by atoms with Crippen molar-refractivity contribution >= 4 is 5.97 Å². The van der Waals surface area contributed by atoms with Crippen LogP contribution in [0.4, 0.5) is 0 Å². The van der Waals surface area contributed by atoms with Crippen LogP contribution in [0.15, 0.2) is 47.4 Å². The molecule has 0 aliphatic carbocycles. The van der Waals surface area contributed by atoms with Crippen LogP contribution >= 0.6 is 0 Å². The Balaban J connectivity index is 1.86. The third kappa shape index (κ3) is 4.21. The van der Waals surface area contributed by atoms with E-state index in [1.165, 1.54) is 12.1 Å². The molecule has 1 aromatic carbocycles. The van der Waals surface area contributed by atoms with Crippen molar-refractivity contribution in [2.75, 3.05) is 6.61 Å². The Morgan fingerprint density at radius 3 is 2.81 bits per heavy atom. The minimum absolute atomic E-state index is 0.0251. The monoisotopic (exact) mass is 287 g/mol. The topological polar surface area (TPSA) is 68.5 Å². The number of aromatic carboxylic acids is 1. The first-order valence-corrected chi connectivity index (χ1v) is 6.69. The van der Waals surface area contributed by atoms with Gasteiger partial charge in [-0.3, -0.25) is 4.79 Å². The van der Waals surface area contributed by atoms with Crippen LogP contribution in [0, 0.1) is 6.92 Å². The van der Waals surface area contributed by atoms with Crippen molar-refractivity contribution in [3.63, 3.8) is 0 Å². The number of benzene rings is 1. The molecule has 5 heteroatoms. The average molecular weight is 287 g/mol. The van der Waals surface area contributed by atoms with Crippen molar-refractivity contribution in [1.82, 2.24) is 4.57 Å². The van der Waals surface area contributed by atoms with Crippen LogP contribution < -0.4 is 10.3 Å². The maximum atomic E-state index is 11.7. The lowest BCUT2D eigenvalue weighted by atomic mass is 10.2. The zero-order valence-electron chi connectivity index (χ0n) is 11.8. The van der Waals surface area contributed by atoms with Gasteiger partial charge in [0, 0.05) is 18.8 Å². The Morgan fingerprint density at radius 1 is 1.29 bits per heavy atom. The van der Waals surface area contributed by atoms with Gasteiger partial charge in [0.05, 0.1) is 12.2 Å². The standard InChI is InChI=1S/C16H17NO4/c1-12-6-8-17(15(18)10-12)7-3-9-21-14-5-2-4-13(11-14)16(19)20/h2,4-6,8,10-11H,3,7,9H2,1H3,(H,19,20). The summed E-state index contributed by atoms with van der Waals surface area (Å²) < 4.78 is 7.13. The number of aromatic nitrogens is 1. The van der Waals surface area contributed by atoms with Gasteiger partial charge in [0.15, 0.2) is 0 Å². The van der Waals surface area contributed by atoms with Crippen LogP contribution in [0.25, 0.3) is 0 Å². The van der Waals surface area contributed by atoms with Crippen LogP contribution in [-0.2, 0) is 6.54 Å². The number of carboxylic acid groups (broad SMARTS) is 1. The molecule has 0 radical (unpaired) electrons. The van der Waals surface area contributed by atoms with Gasteiger partial charge in [0.2, 0.25) is 0 Å². The third-order valence-corrected chi connectivity index (χ3v) is 3.04. The molecule has 0 unspecified atom stereocenters. The number of carbonyl (C=O) groups is 1. The number of hydrogen-bond acceptors (Lipinski definition) is 3.